The van der Waals surface area contributed by atoms with Gasteiger partial charge in [0.2, 0.25) is 0 Å². The lowest BCUT2D eigenvalue weighted by atomic mass is 9.98. The van der Waals surface area contributed by atoms with E-state index in [1.807, 2.05) is 13.8 Å². The summed E-state index contributed by atoms with van der Waals surface area (Å²) in [6.45, 7) is 30.7. The molecule has 1 unspecified atom stereocenters. The molecule has 0 aliphatic rings. The highest BCUT2D eigenvalue weighted by Crippen LogP contribution is 2.31. The van der Waals surface area contributed by atoms with Crippen LogP contribution in [0.4, 0.5) is 17.6 Å². The average molecular weight is 491 g/mol. The Balaban J connectivity index is 5.28. The lowest BCUT2D eigenvalue weighted by molar-refractivity contribution is 0.0625. The van der Waals surface area contributed by atoms with Gasteiger partial charge >= 0.3 is 0 Å². The van der Waals surface area contributed by atoms with Gasteiger partial charge in [0.05, 0.1) is 12.7 Å². The molecule has 0 amide bonds. The van der Waals surface area contributed by atoms with Crippen molar-refractivity contribution in [2.24, 2.45) is 5.92 Å². The van der Waals surface area contributed by atoms with E-state index in [0.717, 1.165) is 12.8 Å². The lowest BCUT2D eigenvalue weighted by Crippen LogP contribution is -2.13. The smallest absolute Gasteiger partial charge is 0.166 e. The maximum atomic E-state index is 14.6. The van der Waals surface area contributed by atoms with Crippen LogP contribution in [-0.2, 0) is 4.74 Å². The largest absolute Gasteiger partial charge is 0.378 e. The van der Waals surface area contributed by atoms with E-state index in [9.17, 15) is 17.6 Å². The van der Waals surface area contributed by atoms with Crippen LogP contribution < -0.4 is 0 Å². The van der Waals surface area contributed by atoms with Crippen LogP contribution in [0.15, 0.2) is 121 Å². The van der Waals surface area contributed by atoms with E-state index in [4.69, 9.17) is 4.74 Å². The Hall–Kier alpha value is -2.92. The first-order chi connectivity index (χ1) is 16.3. The first-order valence-electron chi connectivity index (χ1n) is 11.4. The normalized spacial score (nSPS) is 13.7. The molecule has 0 rings (SSSR count). The second kappa shape index (κ2) is 15.9. The molecular formula is C30H38F4O. The number of ether oxygens (including phenoxy) is 1. The van der Waals surface area contributed by atoms with Gasteiger partial charge in [-0.2, -0.15) is 0 Å². The minimum absolute atomic E-state index is 0.0157. The molecule has 0 saturated heterocycles. The summed E-state index contributed by atoms with van der Waals surface area (Å²) in [5.74, 6) is -5.07. The maximum absolute atomic E-state index is 14.6. The topological polar surface area (TPSA) is 9.23 Å². The van der Waals surface area contributed by atoms with E-state index in [-0.39, 0.29) is 46.1 Å². The third kappa shape index (κ3) is 10.9. The summed E-state index contributed by atoms with van der Waals surface area (Å²) in [5.41, 5.74) is -0.601. The van der Waals surface area contributed by atoms with Crippen LogP contribution in [0.1, 0.15) is 46.5 Å². The van der Waals surface area contributed by atoms with Gasteiger partial charge < -0.3 is 4.74 Å². The third-order valence-corrected chi connectivity index (χ3v) is 5.18. The summed E-state index contributed by atoms with van der Waals surface area (Å²) >= 11 is 0. The molecule has 0 N–H and O–H groups in total. The highest BCUT2D eigenvalue weighted by molar-refractivity contribution is 5.54. The quantitative estimate of drug-likeness (QED) is 0.0853. The summed E-state index contributed by atoms with van der Waals surface area (Å²) in [6.07, 6.45) is 6.76. The number of unbranched alkanes of at least 4 members (excludes halogenated alkanes) is 2. The SMILES string of the molecule is C=CCCCCC(=C)/C(F)=C(/F)C(=C)C(=C)/C=C\C(=C)C(=C)/C(F)=C(/F)C(=C)C(C)COC(C)C. The van der Waals surface area contributed by atoms with Crippen molar-refractivity contribution >= 4 is 0 Å². The molecule has 0 saturated carbocycles. The van der Waals surface area contributed by atoms with E-state index in [0.29, 0.717) is 12.8 Å². The Labute approximate surface area is 208 Å². The van der Waals surface area contributed by atoms with E-state index in [1.165, 1.54) is 12.2 Å². The summed E-state index contributed by atoms with van der Waals surface area (Å²) < 4.78 is 63.5. The van der Waals surface area contributed by atoms with Crippen LogP contribution >= 0.6 is 0 Å². The van der Waals surface area contributed by atoms with Crippen molar-refractivity contribution < 1.29 is 22.3 Å². The highest BCUT2D eigenvalue weighted by atomic mass is 19.2. The van der Waals surface area contributed by atoms with Crippen LogP contribution in [0.25, 0.3) is 0 Å². The summed E-state index contributed by atoms with van der Waals surface area (Å²) in [7, 11) is 0. The summed E-state index contributed by atoms with van der Waals surface area (Å²) in [4.78, 5) is 0. The van der Waals surface area contributed by atoms with Crippen molar-refractivity contribution in [3.63, 3.8) is 0 Å². The maximum Gasteiger partial charge on any atom is 0.166 e. The van der Waals surface area contributed by atoms with Crippen molar-refractivity contribution in [3.8, 4) is 0 Å². The molecule has 0 spiro atoms. The molecule has 5 heteroatoms. The van der Waals surface area contributed by atoms with Crippen molar-refractivity contribution in [3.05, 3.63) is 121 Å². The van der Waals surface area contributed by atoms with E-state index < -0.39 is 29.2 Å². The van der Waals surface area contributed by atoms with Crippen molar-refractivity contribution in [1.82, 2.24) is 0 Å². The predicted octanol–water partition coefficient (Wildman–Crippen LogP) is 9.99. The van der Waals surface area contributed by atoms with E-state index in [2.05, 4.69) is 46.1 Å². The van der Waals surface area contributed by atoms with Gasteiger partial charge in [-0.3, -0.25) is 0 Å². The van der Waals surface area contributed by atoms with Crippen molar-refractivity contribution in [1.29, 1.82) is 0 Å². The lowest BCUT2D eigenvalue weighted by Gasteiger charge is -2.16. The monoisotopic (exact) mass is 490 g/mol. The van der Waals surface area contributed by atoms with Crippen LogP contribution in [-0.4, -0.2) is 12.7 Å². The average Bonchev–Trinajstić information content (AvgIpc) is 2.84. The molecule has 192 valence electrons. The molecule has 35 heavy (non-hydrogen) atoms. The molecule has 1 nitrogen and oxygen atoms in total. The number of rotatable bonds is 17. The van der Waals surface area contributed by atoms with Gasteiger partial charge in [0, 0.05) is 17.1 Å². The van der Waals surface area contributed by atoms with E-state index in [1.54, 1.807) is 13.0 Å². The Morgan fingerprint density at radius 3 is 1.69 bits per heavy atom. The van der Waals surface area contributed by atoms with Crippen molar-refractivity contribution in [2.75, 3.05) is 6.61 Å². The predicted molar refractivity (Wildman–Crippen MR) is 141 cm³/mol. The zero-order valence-electron chi connectivity index (χ0n) is 21.3. The molecule has 0 radical (unpaired) electrons. The van der Waals surface area contributed by atoms with Crippen LogP contribution in [0.5, 0.6) is 0 Å². The Bertz CT molecular complexity index is 957. The van der Waals surface area contributed by atoms with Gasteiger partial charge in [0.15, 0.2) is 23.3 Å². The molecule has 0 aromatic heterocycles. The third-order valence-electron chi connectivity index (χ3n) is 5.18. The van der Waals surface area contributed by atoms with E-state index >= 15 is 0 Å². The fourth-order valence-electron chi connectivity index (χ4n) is 2.64. The minimum atomic E-state index is -1.21. The number of halogens is 4. The van der Waals surface area contributed by atoms with Crippen LogP contribution in [0.3, 0.4) is 0 Å². The Kier molecular flexibility index (Phi) is 14.6. The highest BCUT2D eigenvalue weighted by Gasteiger charge is 2.19. The summed E-state index contributed by atoms with van der Waals surface area (Å²) in [5, 5.41) is 0. The second-order valence-corrected chi connectivity index (χ2v) is 8.54. The molecule has 0 fully saturated rings. The molecule has 0 bridgehead atoms. The molecule has 0 aromatic rings. The van der Waals surface area contributed by atoms with Crippen LogP contribution in [0.2, 0.25) is 0 Å². The molecule has 0 aromatic carbocycles. The van der Waals surface area contributed by atoms with Crippen LogP contribution in [0, 0.1) is 5.92 Å². The zero-order chi connectivity index (χ0) is 27.3. The minimum Gasteiger partial charge on any atom is -0.378 e. The van der Waals surface area contributed by atoms with Gasteiger partial charge in [-0.25, -0.2) is 17.6 Å². The fourth-order valence-corrected chi connectivity index (χ4v) is 2.64. The first-order valence-corrected chi connectivity index (χ1v) is 11.4. The zero-order valence-corrected chi connectivity index (χ0v) is 21.3. The molecule has 1 atom stereocenters. The first kappa shape index (κ1) is 32.1. The Morgan fingerprint density at radius 1 is 0.743 bits per heavy atom. The Morgan fingerprint density at radius 2 is 1.23 bits per heavy atom. The van der Waals surface area contributed by atoms with Gasteiger partial charge in [-0.1, -0.05) is 64.6 Å². The molecule has 0 aliphatic heterocycles. The van der Waals surface area contributed by atoms with Gasteiger partial charge in [-0.05, 0) is 61.8 Å². The fraction of sp³-hybridized carbons (Fsp3) is 0.333. The van der Waals surface area contributed by atoms with Crippen molar-refractivity contribution in [2.45, 2.75) is 52.6 Å². The number of allylic oxidation sites excluding steroid dienone is 12. The molecular weight excluding hydrogens is 452 g/mol. The second-order valence-electron chi connectivity index (χ2n) is 8.54. The summed E-state index contributed by atoms with van der Waals surface area (Å²) in [6, 6.07) is 0. The molecule has 0 heterocycles. The number of hydrogen-bond acceptors (Lipinski definition) is 1. The molecule has 0 aliphatic carbocycles. The van der Waals surface area contributed by atoms with Gasteiger partial charge in [0.25, 0.3) is 0 Å². The van der Waals surface area contributed by atoms with Gasteiger partial charge in [-0.15, -0.1) is 6.58 Å². The number of hydrogen-bond donors (Lipinski definition) is 0. The van der Waals surface area contributed by atoms with Gasteiger partial charge in [0.1, 0.15) is 0 Å². The standard InChI is InChI=1S/C30H38F4O/c1-11-12-13-14-15-22(6)27(31)28(32)24(8)20(4)16-17-21(5)25(9)29(33)30(34)26(10)23(7)18-35-19(2)3/h11,16-17,19,23H,1,4-6,8-10,12-15,18H2,2-3,7H3/b17-16-,28-27-,30-29-.